The van der Waals surface area contributed by atoms with E-state index in [0.29, 0.717) is 50.0 Å². The first-order valence-corrected chi connectivity index (χ1v) is 12.0. The number of ether oxygens (including phenoxy) is 1. The number of morpholine rings is 1. The van der Waals surface area contributed by atoms with E-state index >= 15 is 0 Å². The van der Waals surface area contributed by atoms with Crippen LogP contribution in [0.2, 0.25) is 0 Å². The van der Waals surface area contributed by atoms with Gasteiger partial charge in [-0.25, -0.2) is 13.2 Å². The molecule has 164 valence electrons. The highest BCUT2D eigenvalue weighted by Gasteiger charge is 2.64. The summed E-state index contributed by atoms with van der Waals surface area (Å²) >= 11 is 0. The second-order valence-electron chi connectivity index (χ2n) is 8.92. The summed E-state index contributed by atoms with van der Waals surface area (Å²) in [5.74, 6) is 0.323. The van der Waals surface area contributed by atoms with E-state index in [1.54, 1.807) is 12.1 Å². The van der Waals surface area contributed by atoms with Gasteiger partial charge in [0.1, 0.15) is 0 Å². The van der Waals surface area contributed by atoms with E-state index in [1.165, 1.54) is 4.31 Å². The fraction of sp³-hybridized carbons (Fsp3) is 0.619. The van der Waals surface area contributed by atoms with Crippen LogP contribution in [0.1, 0.15) is 33.1 Å². The summed E-state index contributed by atoms with van der Waals surface area (Å²) in [6.07, 6.45) is 1.67. The van der Waals surface area contributed by atoms with Gasteiger partial charge in [-0.05, 0) is 42.7 Å². The first-order chi connectivity index (χ1) is 14.2. The van der Waals surface area contributed by atoms with Crippen molar-refractivity contribution in [1.29, 1.82) is 0 Å². The van der Waals surface area contributed by atoms with Crippen LogP contribution in [0.3, 0.4) is 0 Å². The minimum atomic E-state index is -3.49. The monoisotopic (exact) mass is 435 g/mol. The summed E-state index contributed by atoms with van der Waals surface area (Å²) in [4.78, 5) is 17.4. The molecule has 9 heteroatoms. The van der Waals surface area contributed by atoms with Crippen molar-refractivity contribution >= 4 is 27.5 Å². The highest BCUT2D eigenvalue weighted by Crippen LogP contribution is 2.64. The molecule has 2 bridgehead atoms. The molecule has 1 N–H and O–H groups in total. The van der Waals surface area contributed by atoms with Gasteiger partial charge in [-0.1, -0.05) is 37.2 Å². The third-order valence-corrected chi connectivity index (χ3v) is 9.23. The lowest BCUT2D eigenvalue weighted by molar-refractivity contribution is 0.0722. The largest absolute Gasteiger partial charge is 0.437 e. The first kappa shape index (κ1) is 21.3. The number of fused-ring (bicyclic) bond motifs is 2. The molecule has 2 atom stereocenters. The Labute approximate surface area is 177 Å². The number of oxime groups is 1. The molecule has 2 unspecified atom stereocenters. The van der Waals surface area contributed by atoms with Crippen LogP contribution in [0.5, 0.6) is 0 Å². The van der Waals surface area contributed by atoms with E-state index in [2.05, 4.69) is 24.3 Å². The predicted octanol–water partition coefficient (Wildman–Crippen LogP) is 3.08. The zero-order valence-electron chi connectivity index (χ0n) is 17.5. The normalized spacial score (nSPS) is 29.8. The molecule has 8 nitrogen and oxygen atoms in total. The molecule has 2 saturated carbocycles. The van der Waals surface area contributed by atoms with Crippen molar-refractivity contribution in [3.8, 4) is 0 Å². The molecule has 3 fully saturated rings. The maximum absolute atomic E-state index is 13.2. The highest BCUT2D eigenvalue weighted by atomic mass is 32.2. The van der Waals surface area contributed by atoms with Crippen LogP contribution in [-0.4, -0.2) is 56.6 Å². The fourth-order valence-corrected chi connectivity index (χ4v) is 7.44. The fourth-order valence-electron chi connectivity index (χ4n) is 5.25. The van der Waals surface area contributed by atoms with E-state index in [4.69, 9.17) is 9.57 Å². The molecule has 1 aliphatic heterocycles. The van der Waals surface area contributed by atoms with Gasteiger partial charge in [0.2, 0.25) is 10.0 Å². The van der Waals surface area contributed by atoms with Crippen molar-refractivity contribution in [3.05, 3.63) is 30.3 Å². The van der Waals surface area contributed by atoms with E-state index in [9.17, 15) is 13.2 Å². The van der Waals surface area contributed by atoms with Crippen molar-refractivity contribution in [1.82, 2.24) is 4.31 Å². The van der Waals surface area contributed by atoms with Gasteiger partial charge < -0.3 is 4.74 Å². The molecule has 0 aromatic heterocycles. The van der Waals surface area contributed by atoms with Gasteiger partial charge in [0.05, 0.1) is 24.7 Å². The van der Waals surface area contributed by atoms with Gasteiger partial charge >= 0.3 is 6.09 Å². The number of hydrogen-bond donors (Lipinski definition) is 1. The van der Waals surface area contributed by atoms with Gasteiger partial charge in [0, 0.05) is 24.2 Å². The van der Waals surface area contributed by atoms with Crippen molar-refractivity contribution in [2.45, 2.75) is 33.1 Å². The van der Waals surface area contributed by atoms with Crippen molar-refractivity contribution in [3.63, 3.8) is 0 Å². The Morgan fingerprint density at radius 2 is 1.97 bits per heavy atom. The summed E-state index contributed by atoms with van der Waals surface area (Å²) in [5, 5.41) is 6.83. The molecule has 1 aromatic carbocycles. The summed E-state index contributed by atoms with van der Waals surface area (Å²) in [5.41, 5.74) is 0.441. The molecule has 1 amide bonds. The zero-order valence-corrected chi connectivity index (χ0v) is 18.3. The number of carbonyl (C=O) groups excluding carboxylic acids is 1. The molecule has 30 heavy (non-hydrogen) atoms. The van der Waals surface area contributed by atoms with Gasteiger partial charge in [-0.15, -0.1) is 0 Å². The molecule has 2 aliphatic carbocycles. The number of benzene rings is 1. The Hall–Kier alpha value is -1.97. The first-order valence-electron chi connectivity index (χ1n) is 10.4. The minimum Gasteiger partial charge on any atom is -0.379 e. The number of anilines is 1. The number of rotatable bonds is 5. The van der Waals surface area contributed by atoms with Gasteiger partial charge in [0.15, 0.2) is 0 Å². The molecular weight excluding hydrogens is 406 g/mol. The Bertz CT molecular complexity index is 925. The molecular formula is C21H29N3O5S. The number of hydrogen-bond acceptors (Lipinski definition) is 6. The number of amides is 1. The topological polar surface area (TPSA) is 97.3 Å². The number of nitrogens with zero attached hydrogens (tertiary/aromatic N) is 2. The van der Waals surface area contributed by atoms with Crippen molar-refractivity contribution < 1.29 is 22.8 Å². The summed E-state index contributed by atoms with van der Waals surface area (Å²) < 4.78 is 33.3. The lowest BCUT2D eigenvalue weighted by Gasteiger charge is -2.39. The van der Waals surface area contributed by atoms with Crippen LogP contribution >= 0.6 is 0 Å². The van der Waals surface area contributed by atoms with Crippen LogP contribution in [0, 0.1) is 16.7 Å². The maximum atomic E-state index is 13.2. The summed E-state index contributed by atoms with van der Waals surface area (Å²) in [6.45, 7) is 5.83. The molecule has 3 aliphatic rings. The average molecular weight is 436 g/mol. The highest BCUT2D eigenvalue weighted by molar-refractivity contribution is 7.89. The number of nitrogens with one attached hydrogen (secondary N) is 1. The Morgan fingerprint density at radius 3 is 2.63 bits per heavy atom. The lowest BCUT2D eigenvalue weighted by atomic mass is 9.70. The van der Waals surface area contributed by atoms with Crippen LogP contribution in [0.25, 0.3) is 0 Å². The zero-order chi connectivity index (χ0) is 21.4. The van der Waals surface area contributed by atoms with Crippen molar-refractivity contribution in [2.24, 2.45) is 21.9 Å². The standard InChI is InChI=1S/C21H29N3O5S/c1-20(2)16-8-9-21(20,15-30(26,27)24-10-12-28-13-11-24)18(14-16)23-29-19(25)22-17-6-4-3-5-7-17/h3-7,16H,8-15H2,1-2H3,(H,22,25)/b23-18+. The summed E-state index contributed by atoms with van der Waals surface area (Å²) in [7, 11) is -3.49. The number of sulfonamides is 1. The number of para-hydroxylation sites is 1. The molecule has 1 saturated heterocycles. The van der Waals surface area contributed by atoms with E-state index < -0.39 is 21.5 Å². The van der Waals surface area contributed by atoms with E-state index in [-0.39, 0.29) is 11.2 Å². The molecule has 4 rings (SSSR count). The third-order valence-electron chi connectivity index (χ3n) is 7.22. The van der Waals surface area contributed by atoms with Gasteiger partial charge in [-0.2, -0.15) is 4.31 Å². The molecule has 1 aromatic rings. The lowest BCUT2D eigenvalue weighted by Crippen LogP contribution is -2.49. The van der Waals surface area contributed by atoms with Gasteiger partial charge in [-0.3, -0.25) is 10.2 Å². The molecule has 0 spiro atoms. The third kappa shape index (κ3) is 3.74. The van der Waals surface area contributed by atoms with Crippen LogP contribution in [-0.2, 0) is 19.6 Å². The van der Waals surface area contributed by atoms with Crippen molar-refractivity contribution in [2.75, 3.05) is 37.4 Å². The quantitative estimate of drug-likeness (QED) is 0.566. The minimum absolute atomic E-state index is 0.00794. The SMILES string of the molecule is CC1(C)C2CCC1(CS(=O)(=O)N1CCOCC1)/C(=N/OC(=O)Nc1ccccc1)C2. The summed E-state index contributed by atoms with van der Waals surface area (Å²) in [6, 6.07) is 8.99. The van der Waals surface area contributed by atoms with Gasteiger partial charge in [0.25, 0.3) is 0 Å². The Kier molecular flexibility index (Phi) is 5.63. The molecule has 1 heterocycles. The van der Waals surface area contributed by atoms with Crippen LogP contribution < -0.4 is 5.32 Å². The van der Waals surface area contributed by atoms with Crippen LogP contribution in [0.4, 0.5) is 10.5 Å². The maximum Gasteiger partial charge on any atom is 0.437 e. The van der Waals surface area contributed by atoms with E-state index in [1.807, 2.05) is 18.2 Å². The second kappa shape index (κ2) is 7.94. The predicted molar refractivity (Wildman–Crippen MR) is 114 cm³/mol. The smallest absolute Gasteiger partial charge is 0.379 e. The second-order valence-corrected chi connectivity index (χ2v) is 10.9. The molecule has 0 radical (unpaired) electrons. The Balaban J connectivity index is 1.54. The van der Waals surface area contributed by atoms with Crippen LogP contribution in [0.15, 0.2) is 35.5 Å². The Morgan fingerprint density at radius 1 is 1.27 bits per heavy atom. The average Bonchev–Trinajstić information content (AvgIpc) is 3.08. The van der Waals surface area contributed by atoms with E-state index in [0.717, 1.165) is 12.8 Å². The number of carbonyl (C=O) groups is 1.